The van der Waals surface area contributed by atoms with Crippen molar-refractivity contribution in [2.75, 3.05) is 13.1 Å². The minimum atomic E-state index is -0.898. The lowest BCUT2D eigenvalue weighted by Crippen LogP contribution is -2.28. The van der Waals surface area contributed by atoms with Crippen LogP contribution in [0.1, 0.15) is 59.2 Å². The third kappa shape index (κ3) is 2.54. The highest BCUT2D eigenvalue weighted by molar-refractivity contribution is 6.02. The van der Waals surface area contributed by atoms with Gasteiger partial charge in [-0.25, -0.2) is 0 Å². The van der Waals surface area contributed by atoms with Gasteiger partial charge in [-0.05, 0) is 25.0 Å². The summed E-state index contributed by atoms with van der Waals surface area (Å²) in [6.45, 7) is 5.04. The molecule has 0 saturated carbocycles. The molecule has 0 saturated heterocycles. The van der Waals surface area contributed by atoms with Crippen LogP contribution in [0.5, 0.6) is 0 Å². The molecular weight excluding hydrogens is 256 g/mol. The van der Waals surface area contributed by atoms with Crippen LogP contribution in [-0.4, -0.2) is 34.9 Å². The second kappa shape index (κ2) is 6.05. The second-order valence-corrected chi connectivity index (χ2v) is 4.93. The van der Waals surface area contributed by atoms with E-state index in [4.69, 9.17) is 0 Å². The van der Waals surface area contributed by atoms with E-state index in [1.165, 1.54) is 4.90 Å². The van der Waals surface area contributed by atoms with Gasteiger partial charge in [-0.2, -0.15) is 0 Å². The van der Waals surface area contributed by atoms with Crippen LogP contribution in [0.25, 0.3) is 0 Å². The zero-order valence-electron chi connectivity index (χ0n) is 11.8. The fourth-order valence-electron chi connectivity index (χ4n) is 2.35. The first-order valence-electron chi connectivity index (χ1n) is 7.01. The highest BCUT2D eigenvalue weighted by Gasteiger charge is 2.35. The summed E-state index contributed by atoms with van der Waals surface area (Å²) in [5, 5.41) is 12.9. The number of hydrogen-bond donors (Lipinski definition) is 2. The molecule has 1 aromatic carbocycles. The van der Waals surface area contributed by atoms with E-state index in [0.717, 1.165) is 12.8 Å². The maximum atomic E-state index is 12.2. The number of aliphatic hydroxyl groups excluding tert-OH is 1. The Bertz CT molecular complexity index is 528. The maximum Gasteiger partial charge on any atom is 0.256 e. The Labute approximate surface area is 118 Å². The zero-order valence-corrected chi connectivity index (χ0v) is 11.8. The summed E-state index contributed by atoms with van der Waals surface area (Å²) < 4.78 is 0. The smallest absolute Gasteiger partial charge is 0.256 e. The minimum absolute atomic E-state index is 0.189. The second-order valence-electron chi connectivity index (χ2n) is 4.93. The summed E-state index contributed by atoms with van der Waals surface area (Å²) in [5.74, 6) is -0.398. The zero-order chi connectivity index (χ0) is 14.7. The van der Waals surface area contributed by atoms with Gasteiger partial charge in [0, 0.05) is 29.8 Å². The highest BCUT2D eigenvalue weighted by Crippen LogP contribution is 2.32. The maximum absolute atomic E-state index is 12.2. The molecule has 2 amide bonds. The van der Waals surface area contributed by atoms with Gasteiger partial charge < -0.3 is 15.3 Å². The number of rotatable bonds is 5. The topological polar surface area (TPSA) is 69.6 Å². The third-order valence-electron chi connectivity index (χ3n) is 3.38. The lowest BCUT2D eigenvalue weighted by Gasteiger charge is -2.19. The van der Waals surface area contributed by atoms with E-state index in [2.05, 4.69) is 5.32 Å². The molecule has 1 aromatic rings. The summed E-state index contributed by atoms with van der Waals surface area (Å²) in [4.78, 5) is 25.5. The molecule has 2 rings (SSSR count). The molecule has 0 fully saturated rings. The molecule has 5 nitrogen and oxygen atoms in total. The van der Waals surface area contributed by atoms with Crippen molar-refractivity contribution in [2.45, 2.75) is 32.9 Å². The van der Waals surface area contributed by atoms with Crippen molar-refractivity contribution in [1.29, 1.82) is 0 Å². The monoisotopic (exact) mass is 276 g/mol. The molecule has 1 aliphatic heterocycles. The molecule has 1 unspecified atom stereocenters. The van der Waals surface area contributed by atoms with Crippen molar-refractivity contribution in [3.63, 3.8) is 0 Å². The van der Waals surface area contributed by atoms with E-state index >= 15 is 0 Å². The molecule has 20 heavy (non-hydrogen) atoms. The summed E-state index contributed by atoms with van der Waals surface area (Å²) in [7, 11) is 0. The summed E-state index contributed by atoms with van der Waals surface area (Å²) in [6.07, 6.45) is 0.740. The van der Waals surface area contributed by atoms with E-state index in [-0.39, 0.29) is 11.8 Å². The van der Waals surface area contributed by atoms with Crippen LogP contribution in [-0.2, 0) is 0 Å². The lowest BCUT2D eigenvalue weighted by molar-refractivity contribution is 0.0177. The number of carbonyl (C=O) groups is 2. The van der Waals surface area contributed by atoms with Crippen LogP contribution >= 0.6 is 0 Å². The first kappa shape index (κ1) is 14.5. The average Bonchev–Trinajstić information content (AvgIpc) is 2.70. The fraction of sp³-hybridized carbons (Fsp3) is 0.467. The molecule has 5 heteroatoms. The summed E-state index contributed by atoms with van der Waals surface area (Å²) >= 11 is 0. The molecule has 108 valence electrons. The average molecular weight is 276 g/mol. The van der Waals surface area contributed by atoms with Crippen LogP contribution in [0, 0.1) is 0 Å². The normalized spacial score (nSPS) is 17.2. The number of amides is 2. The molecule has 1 aliphatic rings. The van der Waals surface area contributed by atoms with Gasteiger partial charge >= 0.3 is 0 Å². The molecular formula is C15H20N2O3. The van der Waals surface area contributed by atoms with Gasteiger partial charge in [0.05, 0.1) is 0 Å². The molecule has 2 N–H and O–H groups in total. The quantitative estimate of drug-likeness (QED) is 0.859. The highest BCUT2D eigenvalue weighted by atomic mass is 16.3. The molecule has 0 bridgehead atoms. The van der Waals surface area contributed by atoms with Crippen LogP contribution in [0.15, 0.2) is 18.2 Å². The Kier molecular flexibility index (Phi) is 4.39. The number of nitrogens with zero attached hydrogens (tertiary/aromatic N) is 1. The van der Waals surface area contributed by atoms with E-state index in [9.17, 15) is 14.7 Å². The van der Waals surface area contributed by atoms with Crippen LogP contribution in [0.4, 0.5) is 0 Å². The number of aliphatic hydroxyl groups is 1. The molecule has 0 spiro atoms. The van der Waals surface area contributed by atoms with E-state index in [1.807, 2.05) is 13.8 Å². The van der Waals surface area contributed by atoms with Crippen molar-refractivity contribution in [3.8, 4) is 0 Å². The van der Waals surface area contributed by atoms with Gasteiger partial charge in [0.1, 0.15) is 0 Å². The first-order valence-corrected chi connectivity index (χ1v) is 7.01. The van der Waals surface area contributed by atoms with Crippen LogP contribution < -0.4 is 5.32 Å². The Morgan fingerprint density at radius 1 is 1.35 bits per heavy atom. The van der Waals surface area contributed by atoms with Crippen molar-refractivity contribution in [3.05, 3.63) is 34.9 Å². The standard InChI is InChI=1S/C15H20N2O3/c1-3-7-16-13(18)10-5-6-11-12(9-10)15(20)17(8-4-2)14(11)19/h5-6,9,14,19H,3-4,7-8H2,1-2H3,(H,16,18). The molecule has 0 aliphatic carbocycles. The number of nitrogens with one attached hydrogen (secondary N) is 1. The van der Waals surface area contributed by atoms with Gasteiger partial charge in [0.2, 0.25) is 0 Å². The molecule has 1 heterocycles. The van der Waals surface area contributed by atoms with E-state index < -0.39 is 6.23 Å². The largest absolute Gasteiger partial charge is 0.369 e. The Balaban J connectivity index is 2.26. The minimum Gasteiger partial charge on any atom is -0.369 e. The number of hydrogen-bond acceptors (Lipinski definition) is 3. The number of fused-ring (bicyclic) bond motifs is 1. The Morgan fingerprint density at radius 3 is 2.75 bits per heavy atom. The van der Waals surface area contributed by atoms with Gasteiger partial charge in [-0.15, -0.1) is 0 Å². The summed E-state index contributed by atoms with van der Waals surface area (Å²) in [6, 6.07) is 4.88. The van der Waals surface area contributed by atoms with Gasteiger partial charge in [0.25, 0.3) is 11.8 Å². The third-order valence-corrected chi connectivity index (χ3v) is 3.38. The molecule has 1 atom stereocenters. The van der Waals surface area contributed by atoms with Gasteiger partial charge in [-0.3, -0.25) is 9.59 Å². The van der Waals surface area contributed by atoms with Crippen molar-refractivity contribution in [2.24, 2.45) is 0 Å². The number of carbonyl (C=O) groups excluding carboxylic acids is 2. The van der Waals surface area contributed by atoms with E-state index in [1.54, 1.807) is 18.2 Å². The predicted molar refractivity (Wildman–Crippen MR) is 75.4 cm³/mol. The van der Waals surface area contributed by atoms with Crippen molar-refractivity contribution in [1.82, 2.24) is 10.2 Å². The lowest BCUT2D eigenvalue weighted by atomic mass is 10.0. The van der Waals surface area contributed by atoms with E-state index in [0.29, 0.717) is 29.8 Å². The first-order chi connectivity index (χ1) is 9.60. The SMILES string of the molecule is CCCNC(=O)c1ccc2c(c1)C(=O)N(CCC)C2O. The van der Waals surface area contributed by atoms with Crippen molar-refractivity contribution >= 4 is 11.8 Å². The van der Waals surface area contributed by atoms with Gasteiger partial charge in [0.15, 0.2) is 6.23 Å². The van der Waals surface area contributed by atoms with Crippen LogP contribution in [0.2, 0.25) is 0 Å². The number of benzene rings is 1. The van der Waals surface area contributed by atoms with Crippen LogP contribution in [0.3, 0.4) is 0 Å². The Morgan fingerprint density at radius 2 is 2.10 bits per heavy atom. The fourth-order valence-corrected chi connectivity index (χ4v) is 2.35. The summed E-state index contributed by atoms with van der Waals surface area (Å²) in [5.41, 5.74) is 1.46. The van der Waals surface area contributed by atoms with Crippen molar-refractivity contribution < 1.29 is 14.7 Å². The molecule has 0 aromatic heterocycles. The predicted octanol–water partition coefficient (Wildman–Crippen LogP) is 1.68. The Hall–Kier alpha value is -1.88. The molecule has 0 radical (unpaired) electrons. The van der Waals surface area contributed by atoms with Gasteiger partial charge in [-0.1, -0.05) is 19.9 Å².